The van der Waals surface area contributed by atoms with Crippen molar-refractivity contribution in [3.05, 3.63) is 36.0 Å². The Hall–Kier alpha value is -0.300. The second kappa shape index (κ2) is 7.80. The molecular formula is C10H15Br. The Morgan fingerprint density at radius 1 is 1.27 bits per heavy atom. The van der Waals surface area contributed by atoms with Gasteiger partial charge in [-0.25, -0.2) is 0 Å². The highest BCUT2D eigenvalue weighted by atomic mass is 79.9. The number of alkyl halides is 1. The minimum absolute atomic E-state index is 1.03. The van der Waals surface area contributed by atoms with Gasteiger partial charge in [0.15, 0.2) is 0 Å². The van der Waals surface area contributed by atoms with Gasteiger partial charge in [0.05, 0.1) is 0 Å². The first-order valence-corrected chi connectivity index (χ1v) is 4.97. The Morgan fingerprint density at radius 3 is 2.45 bits per heavy atom. The summed E-state index contributed by atoms with van der Waals surface area (Å²) in [5.74, 6) is 0. The maximum absolute atomic E-state index is 3.41. The Kier molecular flexibility index (Phi) is 7.59. The third-order valence-corrected chi connectivity index (χ3v) is 1.66. The van der Waals surface area contributed by atoms with Crippen molar-refractivity contribution in [1.29, 1.82) is 0 Å². The van der Waals surface area contributed by atoms with Crippen molar-refractivity contribution in [2.24, 2.45) is 0 Å². The predicted octanol–water partition coefficient (Wildman–Crippen LogP) is 3.85. The molecule has 0 aliphatic carbocycles. The van der Waals surface area contributed by atoms with E-state index in [4.69, 9.17) is 0 Å². The second-order valence-electron chi connectivity index (χ2n) is 2.21. The van der Waals surface area contributed by atoms with E-state index in [2.05, 4.69) is 40.2 Å². The molecule has 0 N–H and O–H groups in total. The van der Waals surface area contributed by atoms with Crippen molar-refractivity contribution < 1.29 is 0 Å². The topological polar surface area (TPSA) is 0 Å². The molecule has 0 heterocycles. The Morgan fingerprint density at radius 2 is 2.00 bits per heavy atom. The molecule has 0 amide bonds. The fourth-order valence-corrected chi connectivity index (χ4v) is 1.22. The SMILES string of the molecule is C\C=C/C=C(\C=C/C)CCBr. The predicted molar refractivity (Wildman–Crippen MR) is 56.1 cm³/mol. The van der Waals surface area contributed by atoms with Crippen LogP contribution < -0.4 is 0 Å². The van der Waals surface area contributed by atoms with E-state index < -0.39 is 0 Å². The van der Waals surface area contributed by atoms with Gasteiger partial charge in [0.25, 0.3) is 0 Å². The van der Waals surface area contributed by atoms with Gasteiger partial charge in [-0.1, -0.05) is 46.3 Å². The molecule has 1 heteroatoms. The summed E-state index contributed by atoms with van der Waals surface area (Å²) in [6, 6.07) is 0. The van der Waals surface area contributed by atoms with Crippen LogP contribution in [0.4, 0.5) is 0 Å². The second-order valence-corrected chi connectivity index (χ2v) is 3.00. The molecule has 0 saturated carbocycles. The van der Waals surface area contributed by atoms with Gasteiger partial charge < -0.3 is 0 Å². The molecule has 0 aromatic carbocycles. The third-order valence-electron chi connectivity index (χ3n) is 1.27. The number of halogens is 1. The Balaban J connectivity index is 4.07. The molecule has 0 saturated heterocycles. The van der Waals surface area contributed by atoms with Crippen molar-refractivity contribution >= 4 is 15.9 Å². The van der Waals surface area contributed by atoms with Crippen molar-refractivity contribution in [1.82, 2.24) is 0 Å². The monoisotopic (exact) mass is 214 g/mol. The number of hydrogen-bond acceptors (Lipinski definition) is 0. The van der Waals surface area contributed by atoms with Gasteiger partial charge in [0.1, 0.15) is 0 Å². The third kappa shape index (κ3) is 6.11. The van der Waals surface area contributed by atoms with Crippen LogP contribution in [0.3, 0.4) is 0 Å². The van der Waals surface area contributed by atoms with Crippen molar-refractivity contribution in [2.45, 2.75) is 20.3 Å². The van der Waals surface area contributed by atoms with Gasteiger partial charge in [0, 0.05) is 5.33 Å². The lowest BCUT2D eigenvalue weighted by atomic mass is 10.2. The fourth-order valence-electron chi connectivity index (χ4n) is 0.765. The van der Waals surface area contributed by atoms with E-state index in [0.717, 1.165) is 11.8 Å². The summed E-state index contributed by atoms with van der Waals surface area (Å²) in [6.07, 6.45) is 11.5. The van der Waals surface area contributed by atoms with Crippen LogP contribution in [0, 0.1) is 0 Å². The van der Waals surface area contributed by atoms with E-state index in [1.54, 1.807) is 0 Å². The van der Waals surface area contributed by atoms with Crippen LogP contribution >= 0.6 is 15.9 Å². The summed E-state index contributed by atoms with van der Waals surface area (Å²) in [4.78, 5) is 0. The molecule has 0 spiro atoms. The fraction of sp³-hybridized carbons (Fsp3) is 0.400. The quantitative estimate of drug-likeness (QED) is 0.493. The van der Waals surface area contributed by atoms with E-state index >= 15 is 0 Å². The molecule has 0 bridgehead atoms. The zero-order chi connectivity index (χ0) is 8.53. The zero-order valence-corrected chi connectivity index (χ0v) is 8.76. The number of rotatable bonds is 4. The van der Waals surface area contributed by atoms with Crippen LogP contribution in [-0.4, -0.2) is 5.33 Å². The van der Waals surface area contributed by atoms with Gasteiger partial charge >= 0.3 is 0 Å². The summed E-state index contributed by atoms with van der Waals surface area (Å²) < 4.78 is 0. The molecule has 0 unspecified atom stereocenters. The van der Waals surface area contributed by atoms with Crippen molar-refractivity contribution in [3.63, 3.8) is 0 Å². The van der Waals surface area contributed by atoms with Crippen molar-refractivity contribution in [3.8, 4) is 0 Å². The van der Waals surface area contributed by atoms with Crippen LogP contribution in [0.15, 0.2) is 36.0 Å². The van der Waals surface area contributed by atoms with Gasteiger partial charge in [-0.2, -0.15) is 0 Å². The number of hydrogen-bond donors (Lipinski definition) is 0. The van der Waals surface area contributed by atoms with Crippen molar-refractivity contribution in [2.75, 3.05) is 5.33 Å². The van der Waals surface area contributed by atoms with E-state index in [0.29, 0.717) is 0 Å². The van der Waals surface area contributed by atoms with E-state index in [1.807, 2.05) is 19.9 Å². The average Bonchev–Trinajstić information content (AvgIpc) is 2.01. The summed E-state index contributed by atoms with van der Waals surface area (Å²) in [5, 5.41) is 1.03. The molecule has 0 aliphatic rings. The first-order valence-electron chi connectivity index (χ1n) is 3.85. The molecule has 62 valence electrons. The first kappa shape index (κ1) is 10.7. The first-order chi connectivity index (χ1) is 5.35. The Bertz CT molecular complexity index is 164. The highest BCUT2D eigenvalue weighted by molar-refractivity contribution is 9.09. The standard InChI is InChI=1S/C10H15Br/c1-3-5-7-10(6-4-2)8-9-11/h3-7H,8-9H2,1-2H3/b5-3-,6-4-,10-7+. The molecule has 0 aromatic heterocycles. The highest BCUT2D eigenvalue weighted by Crippen LogP contribution is 2.05. The largest absolute Gasteiger partial charge is 0.0924 e. The molecular weight excluding hydrogens is 200 g/mol. The van der Waals surface area contributed by atoms with Gasteiger partial charge in [0.2, 0.25) is 0 Å². The van der Waals surface area contributed by atoms with Crippen LogP contribution in [0.2, 0.25) is 0 Å². The molecule has 0 atom stereocenters. The highest BCUT2D eigenvalue weighted by Gasteiger charge is 1.87. The van der Waals surface area contributed by atoms with E-state index in [-0.39, 0.29) is 0 Å². The molecule has 0 aliphatic heterocycles. The molecule has 0 rings (SSSR count). The lowest BCUT2D eigenvalue weighted by Gasteiger charge is -1.94. The zero-order valence-electron chi connectivity index (χ0n) is 7.18. The molecule has 0 radical (unpaired) electrons. The van der Waals surface area contributed by atoms with Gasteiger partial charge in [-0.15, -0.1) is 0 Å². The summed E-state index contributed by atoms with van der Waals surface area (Å²) in [5.41, 5.74) is 1.36. The minimum atomic E-state index is 1.03. The van der Waals surface area contributed by atoms with Gasteiger partial charge in [-0.3, -0.25) is 0 Å². The van der Waals surface area contributed by atoms with Crippen LogP contribution in [0.5, 0.6) is 0 Å². The molecule has 0 aromatic rings. The summed E-state index contributed by atoms with van der Waals surface area (Å²) >= 11 is 3.41. The summed E-state index contributed by atoms with van der Waals surface area (Å²) in [7, 11) is 0. The maximum atomic E-state index is 3.41. The summed E-state index contributed by atoms with van der Waals surface area (Å²) in [6.45, 7) is 4.07. The normalized spacial score (nSPS) is 13.5. The number of allylic oxidation sites excluding steroid dienone is 6. The Labute approximate surface area is 77.8 Å². The minimum Gasteiger partial charge on any atom is -0.0924 e. The molecule has 11 heavy (non-hydrogen) atoms. The lowest BCUT2D eigenvalue weighted by molar-refractivity contribution is 1.18. The smallest absolute Gasteiger partial charge is 0.00718 e. The van der Waals surface area contributed by atoms with E-state index in [1.165, 1.54) is 5.57 Å². The van der Waals surface area contributed by atoms with Crippen LogP contribution in [-0.2, 0) is 0 Å². The molecule has 0 nitrogen and oxygen atoms in total. The van der Waals surface area contributed by atoms with Crippen LogP contribution in [0.25, 0.3) is 0 Å². The maximum Gasteiger partial charge on any atom is 0.00718 e. The van der Waals surface area contributed by atoms with Gasteiger partial charge in [-0.05, 0) is 25.8 Å². The molecule has 0 fully saturated rings. The van der Waals surface area contributed by atoms with E-state index in [9.17, 15) is 0 Å². The lowest BCUT2D eigenvalue weighted by Crippen LogP contribution is -1.78. The van der Waals surface area contributed by atoms with Crippen LogP contribution in [0.1, 0.15) is 20.3 Å². The average molecular weight is 215 g/mol.